The molecule has 0 spiro atoms. The van der Waals surface area contributed by atoms with Crippen LogP contribution in [-0.4, -0.2) is 30.0 Å². The highest BCUT2D eigenvalue weighted by molar-refractivity contribution is 14.0. The van der Waals surface area contributed by atoms with Gasteiger partial charge in [-0.1, -0.05) is 60.6 Å². The molecule has 0 saturated carbocycles. The highest BCUT2D eigenvalue weighted by Crippen LogP contribution is 2.28. The van der Waals surface area contributed by atoms with Crippen molar-refractivity contribution in [3.8, 4) is 11.5 Å². The van der Waals surface area contributed by atoms with E-state index in [0.717, 1.165) is 51.8 Å². The maximum absolute atomic E-state index is 6.36. The van der Waals surface area contributed by atoms with Gasteiger partial charge in [-0.2, -0.15) is 0 Å². The van der Waals surface area contributed by atoms with Gasteiger partial charge in [-0.3, -0.25) is 0 Å². The molecule has 33 heavy (non-hydrogen) atoms. The van der Waals surface area contributed by atoms with Crippen LogP contribution in [0.5, 0.6) is 11.5 Å². The van der Waals surface area contributed by atoms with Crippen LogP contribution in [0, 0.1) is 6.92 Å². The fraction of sp³-hybridized carbons (Fsp3) is 0.269. The largest absolute Gasteiger partial charge is 0.497 e. The van der Waals surface area contributed by atoms with Crippen molar-refractivity contribution in [1.82, 2.24) is 4.90 Å². The summed E-state index contributed by atoms with van der Waals surface area (Å²) in [6.07, 6.45) is 0. The first-order chi connectivity index (χ1) is 15.5. The minimum Gasteiger partial charge on any atom is -0.497 e. The minimum absolute atomic E-state index is 0. The van der Waals surface area contributed by atoms with Gasteiger partial charge < -0.3 is 14.4 Å². The maximum Gasteiger partial charge on any atom is 0.164 e. The molecule has 0 saturated heterocycles. The number of nitrogens with zero attached hydrogens (tertiary/aromatic N) is 2. The van der Waals surface area contributed by atoms with Crippen molar-refractivity contribution < 1.29 is 9.47 Å². The third-order valence-electron chi connectivity index (χ3n) is 5.06. The average Bonchev–Trinajstić information content (AvgIpc) is 2.82. The molecule has 4 nitrogen and oxygen atoms in total. The highest BCUT2D eigenvalue weighted by atomic mass is 127. The van der Waals surface area contributed by atoms with Gasteiger partial charge in [0.05, 0.1) is 19.9 Å². The molecular formula is C26H30ClIN2O2S. The Morgan fingerprint density at radius 3 is 1.85 bits per heavy atom. The Labute approximate surface area is 223 Å². The predicted molar refractivity (Wildman–Crippen MR) is 152 cm³/mol. The number of methoxy groups -OCH3 is 2. The summed E-state index contributed by atoms with van der Waals surface area (Å²) in [6, 6.07) is 22.2. The molecule has 3 aromatic rings. The maximum atomic E-state index is 6.36. The monoisotopic (exact) mass is 596 g/mol. The van der Waals surface area contributed by atoms with Gasteiger partial charge >= 0.3 is 0 Å². The van der Waals surface area contributed by atoms with Crippen LogP contribution in [0.15, 0.2) is 71.7 Å². The Morgan fingerprint density at radius 2 is 1.39 bits per heavy atom. The zero-order chi connectivity index (χ0) is 22.9. The van der Waals surface area contributed by atoms with Crippen molar-refractivity contribution in [3.05, 3.63) is 88.4 Å². The lowest BCUT2D eigenvalue weighted by molar-refractivity contribution is 0.405. The molecule has 0 fully saturated rings. The van der Waals surface area contributed by atoms with Crippen LogP contribution in [0.4, 0.5) is 5.69 Å². The molecule has 0 bridgehead atoms. The van der Waals surface area contributed by atoms with Crippen LogP contribution in [0.3, 0.4) is 0 Å². The molecule has 7 heteroatoms. The van der Waals surface area contributed by atoms with Crippen LogP contribution in [-0.2, 0) is 13.1 Å². The molecule has 3 rings (SSSR count). The van der Waals surface area contributed by atoms with E-state index in [0.29, 0.717) is 0 Å². The summed E-state index contributed by atoms with van der Waals surface area (Å²) < 4.78 is 10.6. The molecule has 3 aromatic carbocycles. The van der Waals surface area contributed by atoms with E-state index in [-0.39, 0.29) is 24.0 Å². The zero-order valence-electron chi connectivity index (χ0n) is 19.4. The number of ether oxygens (including phenoxy) is 2. The first kappa shape index (κ1) is 27.3. The Bertz CT molecular complexity index is 994. The second-order valence-corrected chi connectivity index (χ2v) is 8.90. The Morgan fingerprint density at radius 1 is 0.879 bits per heavy atom. The molecule has 0 heterocycles. The number of hydrogen-bond acceptors (Lipinski definition) is 4. The Balaban J connectivity index is 0.00000385. The minimum atomic E-state index is 0. The molecule has 0 radical (unpaired) electrons. The molecular weight excluding hydrogens is 567 g/mol. The van der Waals surface area contributed by atoms with E-state index < -0.39 is 0 Å². The van der Waals surface area contributed by atoms with Crippen LogP contribution in [0.1, 0.15) is 23.6 Å². The van der Waals surface area contributed by atoms with Gasteiger partial charge in [0.25, 0.3) is 0 Å². The normalized spacial score (nSPS) is 11.0. The number of aliphatic imine (C=N–C) groups is 1. The van der Waals surface area contributed by atoms with Crippen molar-refractivity contribution in [1.29, 1.82) is 0 Å². The number of thioether (sulfide) groups is 1. The second kappa shape index (κ2) is 13.7. The molecule has 0 aliphatic carbocycles. The number of halogens is 2. The van der Waals surface area contributed by atoms with E-state index in [1.165, 1.54) is 11.1 Å². The van der Waals surface area contributed by atoms with Gasteiger partial charge in [0.15, 0.2) is 5.17 Å². The summed E-state index contributed by atoms with van der Waals surface area (Å²) in [5.74, 6) is 2.61. The fourth-order valence-electron chi connectivity index (χ4n) is 3.24. The Hall–Kier alpha value is -1.90. The van der Waals surface area contributed by atoms with E-state index in [1.54, 1.807) is 26.0 Å². The lowest BCUT2D eigenvalue weighted by Gasteiger charge is -2.26. The topological polar surface area (TPSA) is 34.1 Å². The van der Waals surface area contributed by atoms with Gasteiger partial charge in [-0.25, -0.2) is 4.99 Å². The lowest BCUT2D eigenvalue weighted by Crippen LogP contribution is -2.28. The molecule has 0 aliphatic heterocycles. The van der Waals surface area contributed by atoms with E-state index >= 15 is 0 Å². The van der Waals surface area contributed by atoms with Gasteiger partial charge in [-0.15, -0.1) is 24.0 Å². The zero-order valence-corrected chi connectivity index (χ0v) is 23.3. The van der Waals surface area contributed by atoms with Crippen LogP contribution < -0.4 is 9.47 Å². The van der Waals surface area contributed by atoms with E-state index in [1.807, 2.05) is 49.4 Å². The lowest BCUT2D eigenvalue weighted by atomic mass is 10.1. The van der Waals surface area contributed by atoms with Gasteiger partial charge in [-0.05, 0) is 65.8 Å². The highest BCUT2D eigenvalue weighted by Gasteiger charge is 2.15. The number of hydrogen-bond donors (Lipinski definition) is 0. The van der Waals surface area contributed by atoms with Gasteiger partial charge in [0.1, 0.15) is 11.5 Å². The van der Waals surface area contributed by atoms with Crippen molar-refractivity contribution >= 4 is 58.2 Å². The van der Waals surface area contributed by atoms with Crippen LogP contribution in [0.25, 0.3) is 0 Å². The Kier molecular flexibility index (Phi) is 11.4. The van der Waals surface area contributed by atoms with Gasteiger partial charge in [0.2, 0.25) is 0 Å². The SMILES string of the molecule is CCSC(=Nc1cccc(Cl)c1C)N(Cc1ccc(OC)cc1)Cc1ccc(OC)cc1.I. The molecule has 0 unspecified atom stereocenters. The molecule has 0 N–H and O–H groups in total. The molecule has 176 valence electrons. The quantitative estimate of drug-likeness (QED) is 0.151. The van der Waals surface area contributed by atoms with Crippen molar-refractivity contribution in [2.45, 2.75) is 26.9 Å². The molecule has 0 aliphatic rings. The first-order valence-electron chi connectivity index (χ1n) is 10.5. The van der Waals surface area contributed by atoms with Crippen molar-refractivity contribution in [2.75, 3.05) is 20.0 Å². The third kappa shape index (κ3) is 7.83. The average molecular weight is 597 g/mol. The molecule has 0 atom stereocenters. The second-order valence-electron chi connectivity index (χ2n) is 7.26. The summed E-state index contributed by atoms with van der Waals surface area (Å²) in [4.78, 5) is 7.34. The number of amidine groups is 1. The van der Waals surface area contributed by atoms with E-state index in [9.17, 15) is 0 Å². The summed E-state index contributed by atoms with van der Waals surface area (Å²) in [7, 11) is 3.36. The number of rotatable bonds is 8. The molecule has 0 amide bonds. The smallest absolute Gasteiger partial charge is 0.164 e. The molecule has 0 aromatic heterocycles. The van der Waals surface area contributed by atoms with Gasteiger partial charge in [0, 0.05) is 18.1 Å². The predicted octanol–water partition coefficient (Wildman–Crippen LogP) is 7.73. The third-order valence-corrected chi connectivity index (χ3v) is 6.37. The van der Waals surface area contributed by atoms with Crippen LogP contribution in [0.2, 0.25) is 5.02 Å². The summed E-state index contributed by atoms with van der Waals surface area (Å²) in [6.45, 7) is 5.60. The van der Waals surface area contributed by atoms with Crippen molar-refractivity contribution in [2.24, 2.45) is 4.99 Å². The standard InChI is InChI=1S/C26H29ClN2O2S.HI/c1-5-32-26(28-25-8-6-7-24(27)19(25)2)29(17-20-9-13-22(30-3)14-10-20)18-21-11-15-23(31-4)16-12-21;/h6-16H,5,17-18H2,1-4H3;1H. The first-order valence-corrected chi connectivity index (χ1v) is 11.9. The van der Waals surface area contributed by atoms with Crippen LogP contribution >= 0.6 is 47.3 Å². The van der Waals surface area contributed by atoms with E-state index in [2.05, 4.69) is 36.1 Å². The summed E-state index contributed by atoms with van der Waals surface area (Å²) >= 11 is 8.09. The van der Waals surface area contributed by atoms with E-state index in [4.69, 9.17) is 26.1 Å². The summed E-state index contributed by atoms with van der Waals surface area (Å²) in [5, 5.41) is 1.69. The fourth-order valence-corrected chi connectivity index (χ4v) is 4.14. The summed E-state index contributed by atoms with van der Waals surface area (Å²) in [5.41, 5.74) is 4.25. The number of benzene rings is 3. The van der Waals surface area contributed by atoms with Crippen molar-refractivity contribution in [3.63, 3.8) is 0 Å².